The number of aryl methyl sites for hydroxylation is 2. The Morgan fingerprint density at radius 1 is 0.919 bits per heavy atom. The zero-order chi connectivity index (χ0) is 26.0. The topological polar surface area (TPSA) is 58.6 Å². The third kappa shape index (κ3) is 7.69. The highest BCUT2D eigenvalue weighted by Crippen LogP contribution is 2.21. The molecule has 194 valence electrons. The number of amides is 2. The van der Waals surface area contributed by atoms with E-state index >= 15 is 0 Å². The Labute approximate surface area is 220 Å². The predicted octanol–water partition coefficient (Wildman–Crippen LogP) is 5.77. The van der Waals surface area contributed by atoms with Crippen LogP contribution in [0.3, 0.4) is 0 Å². The number of ether oxygens (including phenoxy) is 1. The second-order valence-electron chi connectivity index (χ2n) is 10.1. The average molecular weight is 499 g/mol. The molecule has 1 N–H and O–H groups in total. The van der Waals surface area contributed by atoms with Crippen LogP contribution in [-0.2, 0) is 22.6 Å². The molecule has 1 saturated carbocycles. The first kappa shape index (κ1) is 26.5. The number of hydrogen-bond acceptors (Lipinski definition) is 3. The zero-order valence-corrected chi connectivity index (χ0v) is 22.0. The van der Waals surface area contributed by atoms with Gasteiger partial charge in [-0.1, -0.05) is 86.0 Å². The average Bonchev–Trinajstić information content (AvgIpc) is 2.91. The van der Waals surface area contributed by atoms with Crippen molar-refractivity contribution in [3.8, 4) is 5.75 Å². The normalized spacial score (nSPS) is 14.5. The summed E-state index contributed by atoms with van der Waals surface area (Å²) in [6.07, 6.45) is 5.91. The molecule has 37 heavy (non-hydrogen) atoms. The molecular weight excluding hydrogens is 460 g/mol. The van der Waals surface area contributed by atoms with Crippen molar-refractivity contribution in [3.63, 3.8) is 0 Å². The highest BCUT2D eigenvalue weighted by molar-refractivity contribution is 5.88. The van der Waals surface area contributed by atoms with E-state index in [9.17, 15) is 9.59 Å². The Balaban J connectivity index is 1.62. The van der Waals surface area contributed by atoms with E-state index in [2.05, 4.69) is 5.32 Å². The van der Waals surface area contributed by atoms with Crippen molar-refractivity contribution in [2.24, 2.45) is 0 Å². The first-order valence-corrected chi connectivity index (χ1v) is 13.4. The number of hydrogen-bond donors (Lipinski definition) is 1. The van der Waals surface area contributed by atoms with Gasteiger partial charge in [0.2, 0.25) is 5.91 Å². The SMILES string of the molecule is Cc1cccc(OCC(=O)N(Cc2ccccc2C)[C@@H](Cc2ccccc2)C(=O)NC2CCCCC2)c1. The van der Waals surface area contributed by atoms with Crippen LogP contribution in [0, 0.1) is 13.8 Å². The van der Waals surface area contributed by atoms with Crippen molar-refractivity contribution in [2.45, 2.75) is 71.0 Å². The maximum atomic E-state index is 13.8. The molecule has 0 aromatic heterocycles. The van der Waals surface area contributed by atoms with Crippen LogP contribution in [0.5, 0.6) is 5.75 Å². The Kier molecular flexibility index (Phi) is 9.36. The van der Waals surface area contributed by atoms with E-state index in [-0.39, 0.29) is 24.5 Å². The number of carbonyl (C=O) groups is 2. The van der Waals surface area contributed by atoms with Crippen molar-refractivity contribution < 1.29 is 14.3 Å². The Morgan fingerprint density at radius 2 is 1.65 bits per heavy atom. The van der Waals surface area contributed by atoms with Gasteiger partial charge in [-0.15, -0.1) is 0 Å². The van der Waals surface area contributed by atoms with Crippen LogP contribution in [-0.4, -0.2) is 35.4 Å². The molecule has 0 radical (unpaired) electrons. The minimum atomic E-state index is -0.641. The predicted molar refractivity (Wildman–Crippen MR) is 147 cm³/mol. The van der Waals surface area contributed by atoms with Crippen molar-refractivity contribution in [3.05, 3.63) is 101 Å². The number of rotatable bonds is 10. The summed E-state index contributed by atoms with van der Waals surface area (Å²) in [6, 6.07) is 25.2. The minimum Gasteiger partial charge on any atom is -0.484 e. The molecule has 0 unspecified atom stereocenters. The molecule has 1 aliphatic carbocycles. The minimum absolute atomic E-state index is 0.0896. The van der Waals surface area contributed by atoms with Crippen LogP contribution in [0.1, 0.15) is 54.4 Å². The summed E-state index contributed by atoms with van der Waals surface area (Å²) in [6.45, 7) is 4.25. The maximum Gasteiger partial charge on any atom is 0.261 e. The van der Waals surface area contributed by atoms with Gasteiger partial charge in [0.1, 0.15) is 11.8 Å². The summed E-state index contributed by atoms with van der Waals surface area (Å²) >= 11 is 0. The molecule has 3 aromatic rings. The van der Waals surface area contributed by atoms with Gasteiger partial charge in [0.25, 0.3) is 5.91 Å². The van der Waals surface area contributed by atoms with Crippen LogP contribution < -0.4 is 10.1 Å². The molecule has 0 heterocycles. The Bertz CT molecular complexity index is 1170. The number of benzene rings is 3. The van der Waals surface area contributed by atoms with Crippen LogP contribution >= 0.6 is 0 Å². The zero-order valence-electron chi connectivity index (χ0n) is 22.0. The fourth-order valence-electron chi connectivity index (χ4n) is 5.00. The van der Waals surface area contributed by atoms with Crippen molar-refractivity contribution in [2.75, 3.05) is 6.61 Å². The van der Waals surface area contributed by atoms with Gasteiger partial charge in [-0.2, -0.15) is 0 Å². The molecule has 4 rings (SSSR count). The van der Waals surface area contributed by atoms with Gasteiger partial charge in [-0.05, 0) is 61.1 Å². The fourth-order valence-corrected chi connectivity index (χ4v) is 5.00. The van der Waals surface area contributed by atoms with Crippen LogP contribution in [0.4, 0.5) is 0 Å². The van der Waals surface area contributed by atoms with E-state index in [1.807, 2.05) is 92.7 Å². The number of carbonyl (C=O) groups excluding carboxylic acids is 2. The van der Waals surface area contributed by atoms with Gasteiger partial charge in [0, 0.05) is 19.0 Å². The van der Waals surface area contributed by atoms with E-state index in [1.165, 1.54) is 6.42 Å². The quantitative estimate of drug-likeness (QED) is 0.386. The molecule has 5 heteroatoms. The molecule has 0 spiro atoms. The fraction of sp³-hybridized carbons (Fsp3) is 0.375. The maximum absolute atomic E-state index is 13.8. The monoisotopic (exact) mass is 498 g/mol. The molecule has 3 aromatic carbocycles. The van der Waals surface area contributed by atoms with E-state index < -0.39 is 6.04 Å². The summed E-state index contributed by atoms with van der Waals surface area (Å²) < 4.78 is 5.90. The van der Waals surface area contributed by atoms with Gasteiger partial charge in [0.15, 0.2) is 6.61 Å². The Hall–Kier alpha value is -3.60. The molecular formula is C32H38N2O3. The van der Waals surface area contributed by atoms with Gasteiger partial charge >= 0.3 is 0 Å². The van der Waals surface area contributed by atoms with Crippen LogP contribution in [0.15, 0.2) is 78.9 Å². The Morgan fingerprint density at radius 3 is 2.38 bits per heavy atom. The van der Waals surface area contributed by atoms with Gasteiger partial charge in [-0.3, -0.25) is 9.59 Å². The third-order valence-corrected chi connectivity index (χ3v) is 7.18. The van der Waals surface area contributed by atoms with Crippen molar-refractivity contribution in [1.82, 2.24) is 10.2 Å². The molecule has 0 aliphatic heterocycles. The lowest BCUT2D eigenvalue weighted by Gasteiger charge is -2.33. The van der Waals surface area contributed by atoms with Gasteiger partial charge < -0.3 is 15.0 Å². The molecule has 0 bridgehead atoms. The summed E-state index contributed by atoms with van der Waals surface area (Å²) in [5.74, 6) is 0.355. The van der Waals surface area contributed by atoms with Gasteiger partial charge in [0.05, 0.1) is 0 Å². The molecule has 0 saturated heterocycles. The smallest absolute Gasteiger partial charge is 0.261 e. The van der Waals surface area contributed by atoms with Crippen LogP contribution in [0.25, 0.3) is 0 Å². The number of nitrogens with zero attached hydrogens (tertiary/aromatic N) is 1. The lowest BCUT2D eigenvalue weighted by Crippen LogP contribution is -2.53. The molecule has 1 fully saturated rings. The molecule has 1 atom stereocenters. The summed E-state index contributed by atoms with van der Waals surface area (Å²) in [7, 11) is 0. The summed E-state index contributed by atoms with van der Waals surface area (Å²) in [4.78, 5) is 29.3. The standard InChI is InChI=1S/C32H38N2O3/c1-24-12-11-19-29(20-24)37-23-31(35)34(22-27-16-10-9-13-25(27)2)30(21-26-14-5-3-6-15-26)32(36)33-28-17-7-4-8-18-28/h3,5-6,9-16,19-20,28,30H,4,7-8,17-18,21-23H2,1-2H3,(H,33,36)/t30-/m0/s1. The summed E-state index contributed by atoms with van der Waals surface area (Å²) in [5.41, 5.74) is 4.20. The molecule has 1 aliphatic rings. The summed E-state index contributed by atoms with van der Waals surface area (Å²) in [5, 5.41) is 3.28. The highest BCUT2D eigenvalue weighted by Gasteiger charge is 2.32. The van der Waals surface area contributed by atoms with E-state index in [4.69, 9.17) is 4.74 Å². The third-order valence-electron chi connectivity index (χ3n) is 7.18. The molecule has 5 nitrogen and oxygen atoms in total. The lowest BCUT2D eigenvalue weighted by atomic mass is 9.94. The first-order chi connectivity index (χ1) is 18.0. The highest BCUT2D eigenvalue weighted by atomic mass is 16.5. The lowest BCUT2D eigenvalue weighted by molar-refractivity contribution is -0.143. The van der Waals surface area contributed by atoms with Crippen molar-refractivity contribution in [1.29, 1.82) is 0 Å². The van der Waals surface area contributed by atoms with E-state index in [0.29, 0.717) is 18.7 Å². The van der Waals surface area contributed by atoms with Crippen LogP contribution in [0.2, 0.25) is 0 Å². The van der Waals surface area contributed by atoms with Gasteiger partial charge in [-0.25, -0.2) is 0 Å². The second-order valence-corrected chi connectivity index (χ2v) is 10.1. The van der Waals surface area contributed by atoms with Crippen molar-refractivity contribution >= 4 is 11.8 Å². The number of nitrogens with one attached hydrogen (secondary N) is 1. The largest absolute Gasteiger partial charge is 0.484 e. The second kappa shape index (κ2) is 13.1. The first-order valence-electron chi connectivity index (χ1n) is 13.4. The van der Waals surface area contributed by atoms with E-state index in [0.717, 1.165) is 47.9 Å². The molecule has 2 amide bonds. The van der Waals surface area contributed by atoms with E-state index in [1.54, 1.807) is 4.90 Å².